The van der Waals surface area contributed by atoms with Crippen molar-refractivity contribution in [3.63, 3.8) is 0 Å². The van der Waals surface area contributed by atoms with Crippen molar-refractivity contribution in [2.24, 2.45) is 0 Å². The molecule has 0 spiro atoms. The lowest BCUT2D eigenvalue weighted by atomic mass is 10.1. The van der Waals surface area contributed by atoms with Gasteiger partial charge in [-0.05, 0) is 30.7 Å². The van der Waals surface area contributed by atoms with Gasteiger partial charge in [0.2, 0.25) is 0 Å². The molecule has 0 saturated heterocycles. The highest BCUT2D eigenvalue weighted by Crippen LogP contribution is 2.29. The second-order valence-corrected chi connectivity index (χ2v) is 4.92. The van der Waals surface area contributed by atoms with Crippen LogP contribution in [0.1, 0.15) is 11.1 Å². The molecule has 120 valence electrons. The number of rotatable bonds is 5. The molecule has 0 bridgehead atoms. The molecule has 0 aliphatic heterocycles. The predicted octanol–water partition coefficient (Wildman–Crippen LogP) is 3.80. The molecule has 0 aliphatic rings. The van der Waals surface area contributed by atoms with Gasteiger partial charge in [0.05, 0.1) is 14.2 Å². The minimum Gasteiger partial charge on any atom is -0.493 e. The van der Waals surface area contributed by atoms with Gasteiger partial charge >= 0.3 is 6.03 Å². The van der Waals surface area contributed by atoms with E-state index >= 15 is 0 Å². The number of amides is 2. The first-order chi connectivity index (χ1) is 11.1. The van der Waals surface area contributed by atoms with Crippen molar-refractivity contribution in [2.45, 2.75) is 6.92 Å². The van der Waals surface area contributed by atoms with Gasteiger partial charge in [-0.2, -0.15) is 0 Å². The Labute approximate surface area is 135 Å². The van der Waals surface area contributed by atoms with Crippen LogP contribution in [0.2, 0.25) is 0 Å². The molecule has 2 aromatic rings. The van der Waals surface area contributed by atoms with Crippen LogP contribution < -0.4 is 20.1 Å². The number of urea groups is 1. The number of hydrogen-bond donors (Lipinski definition) is 2. The third kappa shape index (κ3) is 4.78. The highest BCUT2D eigenvalue weighted by molar-refractivity contribution is 5.90. The summed E-state index contributed by atoms with van der Waals surface area (Å²) in [4.78, 5) is 11.9. The van der Waals surface area contributed by atoms with Gasteiger partial charge in [-0.3, -0.25) is 0 Å². The van der Waals surface area contributed by atoms with E-state index in [0.717, 1.165) is 5.56 Å². The van der Waals surface area contributed by atoms with E-state index in [0.29, 0.717) is 17.2 Å². The Morgan fingerprint density at radius 1 is 1.04 bits per heavy atom. The lowest BCUT2D eigenvalue weighted by Crippen LogP contribution is -2.23. The molecule has 5 nitrogen and oxygen atoms in total. The highest BCUT2D eigenvalue weighted by atomic mass is 16.5. The Bertz CT molecular complexity index is 711. The summed E-state index contributed by atoms with van der Waals surface area (Å²) in [5.41, 5.74) is 2.81. The third-order valence-corrected chi connectivity index (χ3v) is 3.17. The number of nitrogens with one attached hydrogen (secondary N) is 2. The number of anilines is 1. The maximum Gasteiger partial charge on any atom is 0.323 e. The number of carbonyl (C=O) groups excluding carboxylic acids is 1. The van der Waals surface area contributed by atoms with Gasteiger partial charge in [-0.15, -0.1) is 0 Å². The first kappa shape index (κ1) is 16.4. The van der Waals surface area contributed by atoms with Gasteiger partial charge in [0, 0.05) is 18.0 Å². The molecular formula is C18H20N2O3. The monoisotopic (exact) mass is 312 g/mol. The van der Waals surface area contributed by atoms with Crippen molar-refractivity contribution in [3.05, 3.63) is 59.8 Å². The second-order valence-electron chi connectivity index (χ2n) is 4.92. The van der Waals surface area contributed by atoms with Crippen LogP contribution in [-0.2, 0) is 0 Å². The number of ether oxygens (including phenoxy) is 2. The number of methoxy groups -OCH3 is 2. The predicted molar refractivity (Wildman–Crippen MR) is 91.9 cm³/mol. The molecule has 0 radical (unpaired) electrons. The Hall–Kier alpha value is -2.95. The quantitative estimate of drug-likeness (QED) is 0.882. The molecule has 2 N–H and O–H groups in total. The standard InChI is InChI=1S/C18H20N2O3/c1-13-5-4-6-14(11-13)9-10-19-18(21)20-15-7-8-16(22-2)17(12-15)23-3/h4-12H,1-3H3,(H2,19,20,21)/b10-9+. The Morgan fingerprint density at radius 3 is 2.52 bits per heavy atom. The zero-order valence-electron chi connectivity index (χ0n) is 13.4. The van der Waals surface area contributed by atoms with Crippen molar-refractivity contribution < 1.29 is 14.3 Å². The Morgan fingerprint density at radius 2 is 1.83 bits per heavy atom. The molecule has 0 fully saturated rings. The molecule has 0 aromatic heterocycles. The molecule has 0 aliphatic carbocycles. The molecule has 23 heavy (non-hydrogen) atoms. The summed E-state index contributed by atoms with van der Waals surface area (Å²) < 4.78 is 10.4. The Balaban J connectivity index is 1.94. The van der Waals surface area contributed by atoms with E-state index in [1.54, 1.807) is 38.6 Å². The molecule has 2 aromatic carbocycles. The summed E-state index contributed by atoms with van der Waals surface area (Å²) in [6.07, 6.45) is 3.44. The first-order valence-electron chi connectivity index (χ1n) is 7.15. The smallest absolute Gasteiger partial charge is 0.323 e. The molecule has 2 rings (SSSR count). The van der Waals surface area contributed by atoms with Gasteiger partial charge in [0.25, 0.3) is 0 Å². The van der Waals surface area contributed by atoms with Crippen LogP contribution in [0, 0.1) is 6.92 Å². The van der Waals surface area contributed by atoms with Crippen LogP contribution in [0.3, 0.4) is 0 Å². The van der Waals surface area contributed by atoms with Crippen LogP contribution in [0.15, 0.2) is 48.7 Å². The second kappa shape index (κ2) is 7.89. The van der Waals surface area contributed by atoms with E-state index in [1.165, 1.54) is 5.56 Å². The minimum atomic E-state index is -0.332. The van der Waals surface area contributed by atoms with Gasteiger partial charge < -0.3 is 20.1 Å². The van der Waals surface area contributed by atoms with Crippen molar-refractivity contribution >= 4 is 17.8 Å². The van der Waals surface area contributed by atoms with E-state index in [4.69, 9.17) is 9.47 Å². The minimum absolute atomic E-state index is 0.332. The fourth-order valence-corrected chi connectivity index (χ4v) is 2.07. The number of carbonyl (C=O) groups is 1. The van der Waals surface area contributed by atoms with Crippen molar-refractivity contribution in [3.8, 4) is 11.5 Å². The molecule has 0 atom stereocenters. The molecule has 0 unspecified atom stereocenters. The topological polar surface area (TPSA) is 59.6 Å². The fraction of sp³-hybridized carbons (Fsp3) is 0.167. The lowest BCUT2D eigenvalue weighted by Gasteiger charge is -2.10. The summed E-state index contributed by atoms with van der Waals surface area (Å²) in [5.74, 6) is 1.17. The summed E-state index contributed by atoms with van der Waals surface area (Å²) >= 11 is 0. The molecule has 5 heteroatoms. The third-order valence-electron chi connectivity index (χ3n) is 3.17. The molecule has 0 saturated carbocycles. The van der Waals surface area contributed by atoms with Gasteiger partial charge in [-0.1, -0.05) is 29.8 Å². The summed E-state index contributed by atoms with van der Waals surface area (Å²) in [6, 6.07) is 12.8. The average Bonchev–Trinajstić information content (AvgIpc) is 2.54. The van der Waals surface area contributed by atoms with E-state index in [2.05, 4.69) is 10.6 Å². The normalized spacial score (nSPS) is 10.4. The fourth-order valence-electron chi connectivity index (χ4n) is 2.07. The van der Waals surface area contributed by atoms with E-state index in [1.807, 2.05) is 37.3 Å². The van der Waals surface area contributed by atoms with Crippen molar-refractivity contribution in [1.29, 1.82) is 0 Å². The van der Waals surface area contributed by atoms with Crippen molar-refractivity contribution in [1.82, 2.24) is 5.32 Å². The Kier molecular flexibility index (Phi) is 5.63. The van der Waals surface area contributed by atoms with Crippen LogP contribution in [0.5, 0.6) is 11.5 Å². The van der Waals surface area contributed by atoms with Crippen LogP contribution >= 0.6 is 0 Å². The lowest BCUT2D eigenvalue weighted by molar-refractivity contribution is 0.255. The summed E-state index contributed by atoms with van der Waals surface area (Å²) in [6.45, 7) is 2.02. The average molecular weight is 312 g/mol. The van der Waals surface area contributed by atoms with E-state index in [-0.39, 0.29) is 6.03 Å². The largest absolute Gasteiger partial charge is 0.493 e. The van der Waals surface area contributed by atoms with Gasteiger partial charge in [-0.25, -0.2) is 4.79 Å². The number of benzene rings is 2. The molecule has 0 heterocycles. The summed E-state index contributed by atoms with van der Waals surface area (Å²) in [5, 5.41) is 5.39. The van der Waals surface area contributed by atoms with Gasteiger partial charge in [0.1, 0.15) is 0 Å². The first-order valence-corrected chi connectivity index (χ1v) is 7.15. The zero-order chi connectivity index (χ0) is 16.7. The number of hydrogen-bond acceptors (Lipinski definition) is 3. The maximum atomic E-state index is 11.9. The highest BCUT2D eigenvalue weighted by Gasteiger charge is 2.06. The maximum absolute atomic E-state index is 11.9. The van der Waals surface area contributed by atoms with Crippen LogP contribution in [0.4, 0.5) is 10.5 Å². The van der Waals surface area contributed by atoms with Crippen LogP contribution in [-0.4, -0.2) is 20.3 Å². The number of aryl methyl sites for hydroxylation is 1. The van der Waals surface area contributed by atoms with E-state index < -0.39 is 0 Å². The van der Waals surface area contributed by atoms with Gasteiger partial charge in [0.15, 0.2) is 11.5 Å². The van der Waals surface area contributed by atoms with Crippen molar-refractivity contribution in [2.75, 3.05) is 19.5 Å². The zero-order valence-corrected chi connectivity index (χ0v) is 13.4. The summed E-state index contributed by atoms with van der Waals surface area (Å²) in [7, 11) is 3.11. The SMILES string of the molecule is COc1ccc(NC(=O)N/C=C/c2cccc(C)c2)cc1OC. The molecule has 2 amide bonds. The van der Waals surface area contributed by atoms with Crippen LogP contribution in [0.25, 0.3) is 6.08 Å². The molecular weight excluding hydrogens is 292 g/mol. The van der Waals surface area contributed by atoms with E-state index in [9.17, 15) is 4.79 Å².